The maximum absolute atomic E-state index is 12.2. The second-order valence-electron chi connectivity index (χ2n) is 9.90. The highest BCUT2D eigenvalue weighted by molar-refractivity contribution is 5.69. The molecule has 0 spiro atoms. The van der Waals surface area contributed by atoms with Crippen molar-refractivity contribution in [3.8, 4) is 0 Å². The summed E-state index contributed by atoms with van der Waals surface area (Å²) < 4.78 is 60.6. The summed E-state index contributed by atoms with van der Waals surface area (Å²) in [6, 6.07) is 0. The molecule has 0 bridgehead atoms. The number of carbonyl (C=O) groups is 7. The molecule has 2 aliphatic rings. The van der Waals surface area contributed by atoms with Gasteiger partial charge < -0.3 is 52.1 Å². The molecule has 0 amide bonds. The highest BCUT2D eigenvalue weighted by atomic mass is 16.8. The highest BCUT2D eigenvalue weighted by Crippen LogP contribution is 2.35. The number of methoxy groups -OCH3 is 1. The first-order chi connectivity index (χ1) is 21.0. The fourth-order valence-corrected chi connectivity index (χ4v) is 4.66. The van der Waals surface area contributed by atoms with Crippen LogP contribution < -0.4 is 0 Å². The van der Waals surface area contributed by atoms with E-state index in [4.69, 9.17) is 52.1 Å². The average molecular weight is 651 g/mol. The summed E-state index contributed by atoms with van der Waals surface area (Å²) in [7, 11) is 1.22. The number of rotatable bonds is 12. The van der Waals surface area contributed by atoms with Gasteiger partial charge in [-0.2, -0.15) is 0 Å². The minimum atomic E-state index is -1.76. The van der Waals surface area contributed by atoms with E-state index in [0.717, 1.165) is 48.5 Å². The quantitative estimate of drug-likeness (QED) is 0.187. The molecule has 45 heavy (non-hydrogen) atoms. The van der Waals surface area contributed by atoms with Gasteiger partial charge in [-0.3, -0.25) is 33.6 Å². The van der Waals surface area contributed by atoms with Gasteiger partial charge in [0, 0.05) is 55.6 Å². The Morgan fingerprint density at radius 3 is 1.18 bits per heavy atom. The fourth-order valence-electron chi connectivity index (χ4n) is 4.66. The zero-order valence-corrected chi connectivity index (χ0v) is 26.0. The molecule has 254 valence electrons. The molecule has 0 aliphatic carbocycles. The second-order valence-corrected chi connectivity index (χ2v) is 9.90. The van der Waals surface area contributed by atoms with Crippen molar-refractivity contribution in [2.24, 2.45) is 0 Å². The van der Waals surface area contributed by atoms with Crippen molar-refractivity contribution in [2.45, 2.75) is 110 Å². The highest BCUT2D eigenvalue weighted by Gasteiger charge is 2.57. The van der Waals surface area contributed by atoms with Crippen molar-refractivity contribution in [2.75, 3.05) is 20.3 Å². The standard InChI is InChI=1S/C27H38O18/c1-11(28)36-9-18-20(38-13(3)30)22(39-14(4)31)25(42-17(7)34)27(44-18)45-21-19(10-37-12(2)29)43-26(35-8)24(41-16(6)33)23(21)40-15(5)32/h18-27H,9-10H2,1-8H3/t18-,19-,20+,21+,22+,23+,24-,25-,26+,27+/m1/s1. The zero-order valence-electron chi connectivity index (χ0n) is 26.0. The molecule has 2 heterocycles. The second kappa shape index (κ2) is 17.0. The van der Waals surface area contributed by atoms with Crippen LogP contribution >= 0.6 is 0 Å². The zero-order chi connectivity index (χ0) is 34.0. The van der Waals surface area contributed by atoms with Gasteiger partial charge in [-0.05, 0) is 0 Å². The van der Waals surface area contributed by atoms with Crippen LogP contribution in [0.25, 0.3) is 0 Å². The maximum Gasteiger partial charge on any atom is 0.303 e. The minimum Gasteiger partial charge on any atom is -0.463 e. The number of carbonyl (C=O) groups excluding carboxylic acids is 7. The van der Waals surface area contributed by atoms with Gasteiger partial charge in [0.05, 0.1) is 0 Å². The summed E-state index contributed by atoms with van der Waals surface area (Å²) in [6.07, 6.45) is -15.0. The molecule has 0 saturated carbocycles. The smallest absolute Gasteiger partial charge is 0.303 e. The summed E-state index contributed by atoms with van der Waals surface area (Å²) >= 11 is 0. The first-order valence-corrected chi connectivity index (χ1v) is 13.7. The SMILES string of the molecule is CO[C@H]1O[C@H](COC(C)=O)[C@H](O[C@@H]2O[C@H](COC(C)=O)[C@H](OC(C)=O)[C@H](OC(C)=O)[C@H]2OC(C)=O)[C@H](OC(C)=O)[C@H]1OC(C)=O. The number of ether oxygens (including phenoxy) is 11. The lowest BCUT2D eigenvalue weighted by molar-refractivity contribution is -0.359. The van der Waals surface area contributed by atoms with Gasteiger partial charge in [0.2, 0.25) is 0 Å². The van der Waals surface area contributed by atoms with Gasteiger partial charge in [-0.15, -0.1) is 0 Å². The Labute approximate surface area is 258 Å². The topological polar surface area (TPSA) is 221 Å². The molecule has 18 nitrogen and oxygen atoms in total. The average Bonchev–Trinajstić information content (AvgIpc) is 2.90. The van der Waals surface area contributed by atoms with Gasteiger partial charge in [0.1, 0.15) is 31.5 Å². The molecule has 10 atom stereocenters. The molecule has 0 aromatic rings. The molecule has 0 radical (unpaired) electrons. The van der Waals surface area contributed by atoms with E-state index in [1.165, 1.54) is 7.11 Å². The summed E-state index contributed by atoms with van der Waals surface area (Å²) in [4.78, 5) is 84.0. The van der Waals surface area contributed by atoms with Crippen molar-refractivity contribution >= 4 is 41.8 Å². The van der Waals surface area contributed by atoms with Gasteiger partial charge >= 0.3 is 41.8 Å². The number of hydrogen-bond donors (Lipinski definition) is 0. The third-order valence-electron chi connectivity index (χ3n) is 6.12. The predicted molar refractivity (Wildman–Crippen MR) is 140 cm³/mol. The van der Waals surface area contributed by atoms with E-state index in [1.807, 2.05) is 0 Å². The van der Waals surface area contributed by atoms with E-state index < -0.39 is 116 Å². The largest absolute Gasteiger partial charge is 0.463 e. The normalized spacial score (nSPS) is 31.0. The van der Waals surface area contributed by atoms with Crippen molar-refractivity contribution in [3.05, 3.63) is 0 Å². The molecule has 2 fully saturated rings. The van der Waals surface area contributed by atoms with Crippen LogP contribution in [0, 0.1) is 0 Å². The summed E-state index contributed by atoms with van der Waals surface area (Å²) in [5.74, 6) is -5.76. The third kappa shape index (κ3) is 11.2. The molecule has 0 unspecified atom stereocenters. The van der Waals surface area contributed by atoms with Crippen molar-refractivity contribution in [1.29, 1.82) is 0 Å². The monoisotopic (exact) mass is 650 g/mol. The van der Waals surface area contributed by atoms with Gasteiger partial charge in [0.25, 0.3) is 0 Å². The third-order valence-corrected chi connectivity index (χ3v) is 6.12. The summed E-state index contributed by atoms with van der Waals surface area (Å²) in [6.45, 7) is 6.44. The van der Waals surface area contributed by atoms with Crippen LogP contribution in [0.2, 0.25) is 0 Å². The lowest BCUT2D eigenvalue weighted by Gasteiger charge is -2.48. The Hall–Kier alpha value is -3.87. The Kier molecular flexibility index (Phi) is 14.1. The summed E-state index contributed by atoms with van der Waals surface area (Å²) in [5.41, 5.74) is 0. The van der Waals surface area contributed by atoms with Crippen molar-refractivity contribution < 1.29 is 85.7 Å². The van der Waals surface area contributed by atoms with Gasteiger partial charge in [0.15, 0.2) is 43.1 Å². The van der Waals surface area contributed by atoms with Crippen molar-refractivity contribution in [1.82, 2.24) is 0 Å². The fraction of sp³-hybridized carbons (Fsp3) is 0.741. The van der Waals surface area contributed by atoms with Crippen LogP contribution in [-0.4, -0.2) is 124 Å². The van der Waals surface area contributed by atoms with Crippen LogP contribution in [0.1, 0.15) is 48.5 Å². The minimum absolute atomic E-state index is 0.504. The Bertz CT molecular complexity index is 1110. The molecule has 0 N–H and O–H groups in total. The molecule has 0 aromatic heterocycles. The Morgan fingerprint density at radius 2 is 0.778 bits per heavy atom. The molecule has 2 rings (SSSR count). The lowest BCUT2D eigenvalue weighted by Crippen LogP contribution is -2.67. The van der Waals surface area contributed by atoms with Gasteiger partial charge in [-0.25, -0.2) is 0 Å². The molecule has 18 heteroatoms. The van der Waals surface area contributed by atoms with E-state index in [2.05, 4.69) is 0 Å². The number of hydrogen-bond acceptors (Lipinski definition) is 18. The number of esters is 7. The molecule has 0 aromatic carbocycles. The Morgan fingerprint density at radius 1 is 0.444 bits per heavy atom. The summed E-state index contributed by atoms with van der Waals surface area (Å²) in [5, 5.41) is 0. The molecular formula is C27H38O18. The van der Waals surface area contributed by atoms with E-state index in [-0.39, 0.29) is 0 Å². The van der Waals surface area contributed by atoms with Gasteiger partial charge in [-0.1, -0.05) is 0 Å². The van der Waals surface area contributed by atoms with Crippen LogP contribution in [0.15, 0.2) is 0 Å². The van der Waals surface area contributed by atoms with E-state index in [0.29, 0.717) is 0 Å². The van der Waals surface area contributed by atoms with E-state index in [9.17, 15) is 33.6 Å². The lowest BCUT2D eigenvalue weighted by atomic mass is 9.96. The molecule has 2 aliphatic heterocycles. The first kappa shape index (κ1) is 37.3. The van der Waals surface area contributed by atoms with Crippen LogP contribution in [0.4, 0.5) is 0 Å². The van der Waals surface area contributed by atoms with Crippen LogP contribution in [0.5, 0.6) is 0 Å². The Balaban J connectivity index is 2.69. The van der Waals surface area contributed by atoms with Crippen molar-refractivity contribution in [3.63, 3.8) is 0 Å². The van der Waals surface area contributed by atoms with Crippen LogP contribution in [0.3, 0.4) is 0 Å². The predicted octanol–water partition coefficient (Wildman–Crippen LogP) is -0.747. The van der Waals surface area contributed by atoms with E-state index in [1.54, 1.807) is 0 Å². The maximum atomic E-state index is 12.2. The van der Waals surface area contributed by atoms with E-state index >= 15 is 0 Å². The molecule has 2 saturated heterocycles. The first-order valence-electron chi connectivity index (χ1n) is 13.7. The molecular weight excluding hydrogens is 612 g/mol. The van der Waals surface area contributed by atoms with Crippen LogP contribution in [-0.2, 0) is 85.7 Å².